The average molecular weight is 324 g/mol. The van der Waals surface area contributed by atoms with Crippen molar-refractivity contribution in [2.45, 2.75) is 0 Å². The first-order valence-electron chi connectivity index (χ1n) is 8.04. The van der Waals surface area contributed by atoms with Crippen molar-refractivity contribution in [2.24, 2.45) is 0 Å². The molecule has 25 heavy (non-hydrogen) atoms. The van der Waals surface area contributed by atoms with Gasteiger partial charge in [-0.3, -0.25) is 4.98 Å². The van der Waals surface area contributed by atoms with E-state index < -0.39 is 0 Å². The first-order chi connectivity index (χ1) is 12.4. The van der Waals surface area contributed by atoms with E-state index in [-0.39, 0.29) is 0 Å². The van der Waals surface area contributed by atoms with Gasteiger partial charge in [0.2, 0.25) is 5.95 Å². The minimum atomic E-state index is 0.571. The van der Waals surface area contributed by atoms with Crippen LogP contribution in [-0.4, -0.2) is 15.0 Å². The SMILES string of the molecule is c1ccc(-c2ccc(Nc3nccc(-c4ccncc4)n3)cc2)cc1. The zero-order valence-corrected chi connectivity index (χ0v) is 13.5. The number of benzene rings is 2. The highest BCUT2D eigenvalue weighted by molar-refractivity contribution is 5.67. The molecule has 0 bridgehead atoms. The molecule has 4 aromatic rings. The smallest absolute Gasteiger partial charge is 0.227 e. The van der Waals surface area contributed by atoms with Gasteiger partial charge in [-0.1, -0.05) is 42.5 Å². The van der Waals surface area contributed by atoms with Crippen LogP contribution in [0.4, 0.5) is 11.6 Å². The van der Waals surface area contributed by atoms with Crippen molar-refractivity contribution >= 4 is 11.6 Å². The van der Waals surface area contributed by atoms with E-state index in [4.69, 9.17) is 0 Å². The molecule has 0 aliphatic heterocycles. The Morgan fingerprint density at radius 3 is 2.08 bits per heavy atom. The molecule has 0 radical (unpaired) electrons. The number of pyridine rings is 1. The molecular formula is C21H16N4. The van der Waals surface area contributed by atoms with E-state index in [1.807, 2.05) is 48.5 Å². The van der Waals surface area contributed by atoms with E-state index in [0.29, 0.717) is 5.95 Å². The zero-order valence-electron chi connectivity index (χ0n) is 13.5. The van der Waals surface area contributed by atoms with E-state index in [0.717, 1.165) is 16.9 Å². The molecule has 4 heteroatoms. The molecule has 0 saturated heterocycles. The standard InChI is InChI=1S/C21H16N4/c1-2-4-16(5-3-1)17-6-8-19(9-7-17)24-21-23-15-12-20(25-21)18-10-13-22-14-11-18/h1-15H,(H,23,24,25). The fourth-order valence-corrected chi connectivity index (χ4v) is 2.61. The molecule has 0 unspecified atom stereocenters. The summed E-state index contributed by atoms with van der Waals surface area (Å²) in [4.78, 5) is 12.9. The molecule has 2 aromatic heterocycles. The molecule has 0 amide bonds. The summed E-state index contributed by atoms with van der Waals surface area (Å²) in [5.74, 6) is 0.571. The Kier molecular flexibility index (Phi) is 4.16. The summed E-state index contributed by atoms with van der Waals surface area (Å²) in [6.45, 7) is 0. The number of aromatic nitrogens is 3. The van der Waals surface area contributed by atoms with Crippen molar-refractivity contribution in [2.75, 3.05) is 5.32 Å². The van der Waals surface area contributed by atoms with Crippen LogP contribution in [0.3, 0.4) is 0 Å². The molecule has 0 aliphatic rings. The number of rotatable bonds is 4. The van der Waals surface area contributed by atoms with E-state index in [2.05, 4.69) is 44.5 Å². The van der Waals surface area contributed by atoms with E-state index in [9.17, 15) is 0 Å². The van der Waals surface area contributed by atoms with Gasteiger partial charge in [-0.15, -0.1) is 0 Å². The average Bonchev–Trinajstić information content (AvgIpc) is 2.70. The topological polar surface area (TPSA) is 50.7 Å². The van der Waals surface area contributed by atoms with E-state index >= 15 is 0 Å². The first-order valence-corrected chi connectivity index (χ1v) is 8.04. The van der Waals surface area contributed by atoms with Crippen LogP contribution < -0.4 is 5.32 Å². The Hall–Kier alpha value is -3.53. The summed E-state index contributed by atoms with van der Waals surface area (Å²) in [5, 5.41) is 3.25. The van der Waals surface area contributed by atoms with Crippen molar-refractivity contribution in [1.82, 2.24) is 15.0 Å². The van der Waals surface area contributed by atoms with Gasteiger partial charge in [0.1, 0.15) is 0 Å². The predicted molar refractivity (Wildman–Crippen MR) is 100 cm³/mol. The summed E-state index contributed by atoms with van der Waals surface area (Å²) in [6, 6.07) is 24.3. The van der Waals surface area contributed by atoms with Gasteiger partial charge in [-0.25, -0.2) is 9.97 Å². The minimum absolute atomic E-state index is 0.571. The molecule has 0 fully saturated rings. The Labute approximate surface area is 146 Å². The van der Waals surface area contributed by atoms with Crippen LogP contribution in [0, 0.1) is 0 Å². The Morgan fingerprint density at radius 2 is 1.32 bits per heavy atom. The molecule has 0 aliphatic carbocycles. The van der Waals surface area contributed by atoms with E-state index in [1.54, 1.807) is 18.6 Å². The number of nitrogens with one attached hydrogen (secondary N) is 1. The summed E-state index contributed by atoms with van der Waals surface area (Å²) < 4.78 is 0. The molecule has 0 spiro atoms. The van der Waals surface area contributed by atoms with Crippen LogP contribution in [0.5, 0.6) is 0 Å². The second-order valence-electron chi connectivity index (χ2n) is 5.57. The van der Waals surface area contributed by atoms with Crippen LogP contribution >= 0.6 is 0 Å². The van der Waals surface area contributed by atoms with Crippen LogP contribution in [0.2, 0.25) is 0 Å². The fraction of sp³-hybridized carbons (Fsp3) is 0. The summed E-state index contributed by atoms with van der Waals surface area (Å²) in [6.07, 6.45) is 5.27. The van der Waals surface area contributed by atoms with Crippen molar-refractivity contribution in [3.8, 4) is 22.4 Å². The molecule has 4 rings (SSSR count). The molecule has 4 nitrogen and oxygen atoms in total. The second kappa shape index (κ2) is 6.93. The monoisotopic (exact) mass is 324 g/mol. The van der Waals surface area contributed by atoms with Crippen LogP contribution in [0.1, 0.15) is 0 Å². The lowest BCUT2D eigenvalue weighted by Gasteiger charge is -2.08. The van der Waals surface area contributed by atoms with Crippen molar-refractivity contribution < 1.29 is 0 Å². The van der Waals surface area contributed by atoms with Crippen molar-refractivity contribution in [3.05, 3.63) is 91.4 Å². The third kappa shape index (κ3) is 3.53. The second-order valence-corrected chi connectivity index (χ2v) is 5.57. The maximum Gasteiger partial charge on any atom is 0.227 e. The molecule has 0 atom stereocenters. The van der Waals surface area contributed by atoms with Gasteiger partial charge in [-0.2, -0.15) is 0 Å². The van der Waals surface area contributed by atoms with Crippen molar-refractivity contribution in [3.63, 3.8) is 0 Å². The van der Waals surface area contributed by atoms with Gasteiger partial charge in [0.25, 0.3) is 0 Å². The van der Waals surface area contributed by atoms with Gasteiger partial charge < -0.3 is 5.32 Å². The third-order valence-corrected chi connectivity index (χ3v) is 3.88. The lowest BCUT2D eigenvalue weighted by Crippen LogP contribution is -1.97. The van der Waals surface area contributed by atoms with Crippen LogP contribution in [-0.2, 0) is 0 Å². The summed E-state index contributed by atoms with van der Waals surface area (Å²) >= 11 is 0. The van der Waals surface area contributed by atoms with Crippen LogP contribution in [0.15, 0.2) is 91.4 Å². The summed E-state index contributed by atoms with van der Waals surface area (Å²) in [7, 11) is 0. The fourth-order valence-electron chi connectivity index (χ4n) is 2.61. The predicted octanol–water partition coefficient (Wildman–Crippen LogP) is 4.95. The number of hydrogen-bond acceptors (Lipinski definition) is 4. The number of hydrogen-bond donors (Lipinski definition) is 1. The first kappa shape index (κ1) is 15.0. The molecule has 1 N–H and O–H groups in total. The van der Waals surface area contributed by atoms with Crippen LogP contribution in [0.25, 0.3) is 22.4 Å². The number of nitrogens with zero attached hydrogens (tertiary/aromatic N) is 3. The Bertz CT molecular complexity index is 952. The van der Waals surface area contributed by atoms with Gasteiger partial charge in [0.15, 0.2) is 0 Å². The molecule has 0 saturated carbocycles. The Morgan fingerprint density at radius 1 is 0.600 bits per heavy atom. The largest absolute Gasteiger partial charge is 0.324 e. The lowest BCUT2D eigenvalue weighted by atomic mass is 10.1. The van der Waals surface area contributed by atoms with E-state index in [1.165, 1.54) is 11.1 Å². The molecular weight excluding hydrogens is 308 g/mol. The van der Waals surface area contributed by atoms with Crippen molar-refractivity contribution in [1.29, 1.82) is 0 Å². The third-order valence-electron chi connectivity index (χ3n) is 3.88. The number of anilines is 2. The van der Waals surface area contributed by atoms with Gasteiger partial charge in [0, 0.05) is 29.8 Å². The zero-order chi connectivity index (χ0) is 16.9. The minimum Gasteiger partial charge on any atom is -0.324 e. The maximum absolute atomic E-state index is 4.57. The van der Waals surface area contributed by atoms with Gasteiger partial charge >= 0.3 is 0 Å². The van der Waals surface area contributed by atoms with Gasteiger partial charge in [-0.05, 0) is 41.5 Å². The quantitative estimate of drug-likeness (QED) is 0.577. The highest BCUT2D eigenvalue weighted by atomic mass is 15.1. The highest BCUT2D eigenvalue weighted by Crippen LogP contribution is 2.23. The van der Waals surface area contributed by atoms with Gasteiger partial charge in [0.05, 0.1) is 5.69 Å². The summed E-state index contributed by atoms with van der Waals surface area (Å²) in [5.41, 5.74) is 5.20. The molecule has 120 valence electrons. The Balaban J connectivity index is 1.55. The normalized spacial score (nSPS) is 10.4. The molecule has 2 heterocycles. The maximum atomic E-state index is 4.57. The highest BCUT2D eigenvalue weighted by Gasteiger charge is 2.03. The molecule has 2 aromatic carbocycles. The lowest BCUT2D eigenvalue weighted by molar-refractivity contribution is 1.17.